The molecule has 2 aliphatic rings. The van der Waals surface area contributed by atoms with E-state index in [9.17, 15) is 18.0 Å². The van der Waals surface area contributed by atoms with Crippen LogP contribution in [0.3, 0.4) is 0 Å². The normalized spacial score (nSPS) is 20.8. The molecule has 0 bridgehead atoms. The fourth-order valence-corrected chi connectivity index (χ4v) is 5.65. The molecule has 0 N–H and O–H groups in total. The molecule has 0 radical (unpaired) electrons. The Labute approximate surface area is 205 Å². The summed E-state index contributed by atoms with van der Waals surface area (Å²) in [6, 6.07) is 8.97. The van der Waals surface area contributed by atoms with Crippen molar-refractivity contribution in [2.24, 2.45) is 11.1 Å². The predicted molar refractivity (Wildman–Crippen MR) is 124 cm³/mol. The topological polar surface area (TPSA) is 38.7 Å². The molecule has 0 saturated heterocycles. The first-order valence-corrected chi connectivity index (χ1v) is 12.4. The molecular formula is C22H17BrCl2F3NO2S. The van der Waals surface area contributed by atoms with Crippen LogP contribution in [0.2, 0.25) is 10.0 Å². The summed E-state index contributed by atoms with van der Waals surface area (Å²) in [6.07, 6.45) is -2.75. The Morgan fingerprint density at radius 1 is 1.19 bits per heavy atom. The minimum atomic E-state index is -4.74. The maximum absolute atomic E-state index is 14.1. The lowest BCUT2D eigenvalue weighted by molar-refractivity contribution is -0.275. The SMILES string of the molecule is O=C(CCSc1ccc(C2=NOC(c3cc(Cl)cc(Cl)c3)(C(F)(F)F)C2)cc1Br)C1CC1. The number of hydrogen-bond acceptors (Lipinski definition) is 4. The van der Waals surface area contributed by atoms with E-state index in [2.05, 4.69) is 21.1 Å². The minimum Gasteiger partial charge on any atom is -0.374 e. The molecule has 2 aromatic rings. The number of rotatable bonds is 7. The van der Waals surface area contributed by atoms with Crippen molar-refractivity contribution >= 4 is 62.4 Å². The molecule has 32 heavy (non-hydrogen) atoms. The highest BCUT2D eigenvalue weighted by molar-refractivity contribution is 9.10. The Hall–Kier alpha value is -1.22. The Morgan fingerprint density at radius 3 is 2.47 bits per heavy atom. The van der Waals surface area contributed by atoms with E-state index < -0.39 is 18.2 Å². The second-order valence-corrected chi connectivity index (χ2v) is 10.6. The Kier molecular flexibility index (Phi) is 6.88. The molecule has 0 amide bonds. The first-order valence-electron chi connectivity index (χ1n) is 9.83. The van der Waals surface area contributed by atoms with Crippen LogP contribution >= 0.6 is 50.9 Å². The van der Waals surface area contributed by atoms with Crippen molar-refractivity contribution < 1.29 is 22.8 Å². The summed E-state index contributed by atoms with van der Waals surface area (Å²) in [5.41, 5.74) is -2.19. The average molecular weight is 567 g/mol. The molecule has 1 aliphatic heterocycles. The third-order valence-electron chi connectivity index (χ3n) is 5.42. The van der Waals surface area contributed by atoms with E-state index >= 15 is 0 Å². The van der Waals surface area contributed by atoms with Crippen LogP contribution in [0.15, 0.2) is 50.9 Å². The van der Waals surface area contributed by atoms with Crippen LogP contribution in [0.1, 0.15) is 36.8 Å². The largest absolute Gasteiger partial charge is 0.435 e. The molecular weight excluding hydrogens is 550 g/mol. The molecule has 0 aromatic heterocycles. The summed E-state index contributed by atoms with van der Waals surface area (Å²) >= 11 is 16.9. The fraction of sp³-hybridized carbons (Fsp3) is 0.364. The molecule has 0 spiro atoms. The van der Waals surface area contributed by atoms with Crippen LogP contribution in [-0.2, 0) is 15.2 Å². The zero-order valence-electron chi connectivity index (χ0n) is 16.5. The van der Waals surface area contributed by atoms with Gasteiger partial charge in [0.1, 0.15) is 5.78 Å². The molecule has 3 nitrogen and oxygen atoms in total. The zero-order chi connectivity index (χ0) is 23.1. The number of hydrogen-bond donors (Lipinski definition) is 0. The number of alkyl halides is 3. The minimum absolute atomic E-state index is 0.0810. The molecule has 1 unspecified atom stereocenters. The van der Waals surface area contributed by atoms with Gasteiger partial charge in [0.05, 0.1) is 5.71 Å². The van der Waals surface area contributed by atoms with Gasteiger partial charge in [0.2, 0.25) is 0 Å². The number of carbonyl (C=O) groups excluding carboxylic acids is 1. The van der Waals surface area contributed by atoms with Gasteiger partial charge in [0.25, 0.3) is 5.60 Å². The monoisotopic (exact) mass is 565 g/mol. The van der Waals surface area contributed by atoms with Gasteiger partial charge in [-0.3, -0.25) is 4.79 Å². The highest BCUT2D eigenvalue weighted by Gasteiger charge is 2.62. The summed E-state index contributed by atoms with van der Waals surface area (Å²) < 4.78 is 43.1. The second-order valence-electron chi connectivity index (χ2n) is 7.77. The van der Waals surface area contributed by atoms with E-state index in [1.54, 1.807) is 18.2 Å². The second kappa shape index (κ2) is 9.20. The van der Waals surface area contributed by atoms with Crippen molar-refractivity contribution in [3.63, 3.8) is 0 Å². The number of carbonyl (C=O) groups is 1. The van der Waals surface area contributed by atoms with Crippen LogP contribution in [-0.4, -0.2) is 23.4 Å². The lowest BCUT2D eigenvalue weighted by Crippen LogP contribution is -2.42. The highest BCUT2D eigenvalue weighted by atomic mass is 79.9. The maximum Gasteiger partial charge on any atom is 0.435 e. The third kappa shape index (κ3) is 4.98. The molecule has 1 saturated carbocycles. The van der Waals surface area contributed by atoms with Crippen molar-refractivity contribution in [3.8, 4) is 0 Å². The molecule has 1 aliphatic carbocycles. The summed E-state index contributed by atoms with van der Waals surface area (Å²) in [5.74, 6) is 1.20. The quantitative estimate of drug-likeness (QED) is 0.321. The summed E-state index contributed by atoms with van der Waals surface area (Å²) in [6.45, 7) is 0. The lowest BCUT2D eigenvalue weighted by atomic mass is 9.86. The van der Waals surface area contributed by atoms with E-state index in [1.807, 2.05) is 0 Å². The average Bonchev–Trinajstić information content (AvgIpc) is 3.45. The number of benzene rings is 2. The van der Waals surface area contributed by atoms with Crippen LogP contribution < -0.4 is 0 Å². The number of ketones is 1. The smallest absolute Gasteiger partial charge is 0.374 e. The summed E-state index contributed by atoms with van der Waals surface area (Å²) in [7, 11) is 0. The molecule has 10 heteroatoms. The van der Waals surface area contributed by atoms with Gasteiger partial charge in [-0.05, 0) is 59.1 Å². The number of nitrogens with zero attached hydrogens (tertiary/aromatic N) is 1. The lowest BCUT2D eigenvalue weighted by Gasteiger charge is -2.29. The van der Waals surface area contributed by atoms with Crippen molar-refractivity contribution in [1.29, 1.82) is 0 Å². The van der Waals surface area contributed by atoms with Crippen molar-refractivity contribution in [1.82, 2.24) is 0 Å². The van der Waals surface area contributed by atoms with Gasteiger partial charge in [-0.25, -0.2) is 0 Å². The van der Waals surface area contributed by atoms with E-state index in [0.717, 1.165) is 22.2 Å². The van der Waals surface area contributed by atoms with E-state index in [0.29, 0.717) is 23.5 Å². The first-order chi connectivity index (χ1) is 15.1. The van der Waals surface area contributed by atoms with E-state index in [1.165, 1.54) is 30.0 Å². The Morgan fingerprint density at radius 2 is 1.88 bits per heavy atom. The molecule has 170 valence electrons. The Balaban J connectivity index is 1.51. The molecule has 4 rings (SSSR count). The van der Waals surface area contributed by atoms with Gasteiger partial charge in [0.15, 0.2) is 0 Å². The van der Waals surface area contributed by atoms with Gasteiger partial charge >= 0.3 is 6.18 Å². The molecule has 1 atom stereocenters. The fourth-order valence-electron chi connectivity index (χ4n) is 3.51. The van der Waals surface area contributed by atoms with Gasteiger partial charge < -0.3 is 4.84 Å². The standard InChI is InChI=1S/C22H17BrCl2F3NO2S/c23-17-7-13(3-4-20(17)32-6-5-19(30)12-1-2-12)18-11-21(31-29-18,22(26,27)28)14-8-15(24)10-16(25)9-14/h3-4,7-10,12H,1-2,5-6,11H2. The van der Waals surface area contributed by atoms with Gasteiger partial charge in [0, 0.05) is 55.1 Å². The maximum atomic E-state index is 14.1. The van der Waals surface area contributed by atoms with E-state index in [-0.39, 0.29) is 27.2 Å². The van der Waals surface area contributed by atoms with Crippen molar-refractivity contribution in [3.05, 3.63) is 62.0 Å². The Bertz CT molecular complexity index is 1070. The molecule has 1 heterocycles. The van der Waals surface area contributed by atoms with Gasteiger partial charge in [-0.1, -0.05) is 34.4 Å². The third-order valence-corrected chi connectivity index (χ3v) is 7.85. The predicted octanol–water partition coefficient (Wildman–Crippen LogP) is 7.80. The van der Waals surface area contributed by atoms with E-state index in [4.69, 9.17) is 28.0 Å². The zero-order valence-corrected chi connectivity index (χ0v) is 20.4. The number of oxime groups is 1. The van der Waals surface area contributed by atoms with Crippen LogP contribution in [0.5, 0.6) is 0 Å². The van der Waals surface area contributed by atoms with Crippen LogP contribution in [0, 0.1) is 5.92 Å². The first kappa shape index (κ1) is 23.9. The highest BCUT2D eigenvalue weighted by Crippen LogP contribution is 2.50. The van der Waals surface area contributed by atoms with Gasteiger partial charge in [-0.15, -0.1) is 11.8 Å². The number of thioether (sulfide) groups is 1. The number of Topliss-reactive ketones (excluding diaryl/α,β-unsaturated/α-hetero) is 1. The van der Waals surface area contributed by atoms with Crippen LogP contribution in [0.25, 0.3) is 0 Å². The van der Waals surface area contributed by atoms with Crippen LogP contribution in [0.4, 0.5) is 13.2 Å². The van der Waals surface area contributed by atoms with Crippen molar-refractivity contribution in [2.75, 3.05) is 5.75 Å². The summed E-state index contributed by atoms with van der Waals surface area (Å²) in [4.78, 5) is 17.8. The van der Waals surface area contributed by atoms with Crippen molar-refractivity contribution in [2.45, 2.75) is 42.4 Å². The summed E-state index contributed by atoms with van der Waals surface area (Å²) in [5, 5.41) is 3.94. The van der Waals surface area contributed by atoms with Gasteiger partial charge in [-0.2, -0.15) is 13.2 Å². The number of halogens is 6. The molecule has 2 aromatic carbocycles. The molecule has 1 fully saturated rings.